The fraction of sp³-hybridized carbons (Fsp3) is 0.536. The quantitative estimate of drug-likeness (QED) is 0.489. The Morgan fingerprint density at radius 3 is 2.24 bits per heavy atom. The molecule has 0 saturated carbocycles. The molecule has 0 spiro atoms. The van der Waals surface area contributed by atoms with E-state index in [4.69, 9.17) is 10.00 Å². The van der Waals surface area contributed by atoms with Crippen LogP contribution in [-0.4, -0.2) is 69.8 Å². The van der Waals surface area contributed by atoms with Gasteiger partial charge >= 0.3 is 0 Å². The maximum atomic E-state index is 9.17. The molecule has 1 atom stereocenters. The van der Waals surface area contributed by atoms with Gasteiger partial charge in [-0.3, -0.25) is 4.90 Å². The summed E-state index contributed by atoms with van der Waals surface area (Å²) < 4.78 is 5.95. The molecule has 33 heavy (non-hydrogen) atoms. The Kier molecular flexibility index (Phi) is 9.60. The van der Waals surface area contributed by atoms with E-state index in [1.807, 2.05) is 27.1 Å². The highest BCUT2D eigenvalue weighted by atomic mass is 16.5. The minimum Gasteiger partial charge on any atom is -0.492 e. The first-order chi connectivity index (χ1) is 16.0. The Morgan fingerprint density at radius 1 is 1.00 bits per heavy atom. The standard InChI is InChI=1S/C28H40N4O/c1-5-24(25-8-9-26(22-29)23(2)21-25)7-6-14-31-15-17-32(18-16-31)19-20-33-28-12-10-27(11-13-28)30(3)4/h8-13,21,24H,5-7,14-20H2,1-4H3. The summed E-state index contributed by atoms with van der Waals surface area (Å²) in [6.07, 6.45) is 3.59. The number of nitriles is 1. The molecule has 1 heterocycles. The summed E-state index contributed by atoms with van der Waals surface area (Å²) >= 11 is 0. The maximum Gasteiger partial charge on any atom is 0.119 e. The van der Waals surface area contributed by atoms with Crippen LogP contribution in [0.3, 0.4) is 0 Å². The lowest BCUT2D eigenvalue weighted by Gasteiger charge is -2.34. The van der Waals surface area contributed by atoms with E-state index in [1.165, 1.54) is 30.6 Å². The van der Waals surface area contributed by atoms with Crippen LogP contribution in [0.5, 0.6) is 5.75 Å². The van der Waals surface area contributed by atoms with E-state index in [1.54, 1.807) is 0 Å². The molecule has 0 amide bonds. The van der Waals surface area contributed by atoms with Gasteiger partial charge in [-0.25, -0.2) is 0 Å². The Morgan fingerprint density at radius 2 is 1.67 bits per heavy atom. The average Bonchev–Trinajstić information content (AvgIpc) is 2.83. The van der Waals surface area contributed by atoms with Gasteiger partial charge in [0.2, 0.25) is 0 Å². The Labute approximate surface area is 200 Å². The number of anilines is 1. The fourth-order valence-corrected chi connectivity index (χ4v) is 4.60. The molecule has 0 aromatic heterocycles. The van der Waals surface area contributed by atoms with E-state index in [0.29, 0.717) is 5.92 Å². The number of benzene rings is 2. The zero-order valence-electron chi connectivity index (χ0n) is 20.9. The number of aryl methyl sites for hydroxylation is 1. The van der Waals surface area contributed by atoms with Gasteiger partial charge in [-0.1, -0.05) is 19.1 Å². The minimum absolute atomic E-state index is 0.585. The molecule has 2 aromatic carbocycles. The Hall–Kier alpha value is -2.55. The van der Waals surface area contributed by atoms with Crippen molar-refractivity contribution < 1.29 is 4.74 Å². The van der Waals surface area contributed by atoms with E-state index in [2.05, 4.69) is 64.1 Å². The first-order valence-electron chi connectivity index (χ1n) is 12.4. The third-order valence-electron chi connectivity index (χ3n) is 6.86. The van der Waals surface area contributed by atoms with Crippen molar-refractivity contribution >= 4 is 5.69 Å². The number of hydrogen-bond donors (Lipinski definition) is 0. The lowest BCUT2D eigenvalue weighted by Crippen LogP contribution is -2.47. The number of rotatable bonds is 11. The van der Waals surface area contributed by atoms with Crippen LogP contribution in [0.15, 0.2) is 42.5 Å². The lowest BCUT2D eigenvalue weighted by atomic mass is 9.90. The molecule has 3 rings (SSSR count). The second-order valence-electron chi connectivity index (χ2n) is 9.35. The average molecular weight is 449 g/mol. The largest absolute Gasteiger partial charge is 0.492 e. The van der Waals surface area contributed by atoms with E-state index in [0.717, 1.165) is 62.6 Å². The molecule has 178 valence electrons. The third kappa shape index (κ3) is 7.48. The molecule has 5 nitrogen and oxygen atoms in total. The minimum atomic E-state index is 0.585. The third-order valence-corrected chi connectivity index (χ3v) is 6.86. The molecular formula is C28H40N4O. The van der Waals surface area contributed by atoms with Crippen molar-refractivity contribution in [2.45, 2.75) is 39.0 Å². The van der Waals surface area contributed by atoms with Gasteiger partial charge < -0.3 is 14.5 Å². The van der Waals surface area contributed by atoms with E-state index >= 15 is 0 Å². The molecule has 2 aromatic rings. The van der Waals surface area contributed by atoms with Crippen molar-refractivity contribution in [3.63, 3.8) is 0 Å². The Balaban J connectivity index is 1.33. The molecule has 0 N–H and O–H groups in total. The molecule has 1 aliphatic heterocycles. The summed E-state index contributed by atoms with van der Waals surface area (Å²) in [6, 6.07) is 16.9. The SMILES string of the molecule is CCC(CCCN1CCN(CCOc2ccc(N(C)C)cc2)CC1)c1ccc(C#N)c(C)c1. The highest BCUT2D eigenvalue weighted by Gasteiger charge is 2.17. The Bertz CT molecular complexity index is 895. The van der Waals surface area contributed by atoms with Crippen LogP contribution in [0.25, 0.3) is 0 Å². The van der Waals surface area contributed by atoms with Gasteiger partial charge in [-0.2, -0.15) is 5.26 Å². The van der Waals surface area contributed by atoms with E-state index < -0.39 is 0 Å². The summed E-state index contributed by atoms with van der Waals surface area (Å²) in [5.41, 5.74) is 4.46. The van der Waals surface area contributed by atoms with Crippen LogP contribution >= 0.6 is 0 Å². The summed E-state index contributed by atoms with van der Waals surface area (Å²) in [7, 11) is 4.10. The normalized spacial score (nSPS) is 15.7. The summed E-state index contributed by atoms with van der Waals surface area (Å²) in [5, 5.41) is 9.17. The molecule has 0 bridgehead atoms. The van der Waals surface area contributed by atoms with Gasteiger partial charge in [0.05, 0.1) is 11.6 Å². The van der Waals surface area contributed by atoms with Crippen LogP contribution in [0.4, 0.5) is 5.69 Å². The predicted molar refractivity (Wildman–Crippen MR) is 137 cm³/mol. The number of nitrogens with zero attached hydrogens (tertiary/aromatic N) is 4. The first kappa shape index (κ1) is 25.1. The summed E-state index contributed by atoms with van der Waals surface area (Å²) in [6.45, 7) is 11.7. The maximum absolute atomic E-state index is 9.17. The second kappa shape index (κ2) is 12.6. The van der Waals surface area contributed by atoms with Gasteiger partial charge in [-0.05, 0) is 80.1 Å². The van der Waals surface area contributed by atoms with Crippen molar-refractivity contribution in [2.75, 3.05) is 64.9 Å². The predicted octanol–water partition coefficient (Wildman–Crippen LogP) is 4.90. The van der Waals surface area contributed by atoms with Crippen molar-refractivity contribution in [3.8, 4) is 11.8 Å². The van der Waals surface area contributed by atoms with Crippen molar-refractivity contribution in [1.82, 2.24) is 9.80 Å². The molecule has 1 saturated heterocycles. The van der Waals surface area contributed by atoms with Crippen LogP contribution in [0, 0.1) is 18.3 Å². The van der Waals surface area contributed by atoms with Crippen LogP contribution in [0.2, 0.25) is 0 Å². The van der Waals surface area contributed by atoms with Gasteiger partial charge in [0.15, 0.2) is 0 Å². The van der Waals surface area contributed by atoms with Crippen molar-refractivity contribution in [1.29, 1.82) is 5.26 Å². The number of hydrogen-bond acceptors (Lipinski definition) is 5. The smallest absolute Gasteiger partial charge is 0.119 e. The molecule has 1 unspecified atom stereocenters. The van der Waals surface area contributed by atoms with Gasteiger partial charge in [0.1, 0.15) is 12.4 Å². The highest BCUT2D eigenvalue weighted by Crippen LogP contribution is 2.26. The topological polar surface area (TPSA) is 42.7 Å². The fourth-order valence-electron chi connectivity index (χ4n) is 4.60. The molecule has 0 radical (unpaired) electrons. The first-order valence-corrected chi connectivity index (χ1v) is 12.4. The van der Waals surface area contributed by atoms with Gasteiger partial charge in [0.25, 0.3) is 0 Å². The number of piperazine rings is 1. The van der Waals surface area contributed by atoms with Crippen molar-refractivity contribution in [2.24, 2.45) is 0 Å². The molecule has 5 heteroatoms. The van der Waals surface area contributed by atoms with Gasteiger partial charge in [-0.15, -0.1) is 0 Å². The van der Waals surface area contributed by atoms with E-state index in [9.17, 15) is 0 Å². The number of ether oxygens (including phenoxy) is 1. The molecule has 1 fully saturated rings. The van der Waals surface area contributed by atoms with Gasteiger partial charge in [0, 0.05) is 52.5 Å². The molecule has 1 aliphatic rings. The van der Waals surface area contributed by atoms with Crippen LogP contribution in [0.1, 0.15) is 48.8 Å². The van der Waals surface area contributed by atoms with Crippen LogP contribution < -0.4 is 9.64 Å². The van der Waals surface area contributed by atoms with E-state index in [-0.39, 0.29) is 0 Å². The summed E-state index contributed by atoms with van der Waals surface area (Å²) in [4.78, 5) is 7.22. The second-order valence-corrected chi connectivity index (χ2v) is 9.35. The monoisotopic (exact) mass is 448 g/mol. The zero-order chi connectivity index (χ0) is 23.6. The molecule has 0 aliphatic carbocycles. The summed E-state index contributed by atoms with van der Waals surface area (Å²) in [5.74, 6) is 1.53. The highest BCUT2D eigenvalue weighted by molar-refractivity contribution is 5.47. The van der Waals surface area contributed by atoms with Crippen molar-refractivity contribution in [3.05, 3.63) is 59.2 Å². The molecular weight excluding hydrogens is 408 g/mol. The zero-order valence-corrected chi connectivity index (χ0v) is 20.9. The lowest BCUT2D eigenvalue weighted by molar-refractivity contribution is 0.115. The van der Waals surface area contributed by atoms with Crippen LogP contribution in [-0.2, 0) is 0 Å².